The molecule has 1 N–H and O–H groups in total. The molecule has 0 atom stereocenters. The molecule has 20 heavy (non-hydrogen) atoms. The van der Waals surface area contributed by atoms with Crippen LogP contribution in [0.1, 0.15) is 82.8 Å². The summed E-state index contributed by atoms with van der Waals surface area (Å²) in [5, 5.41) is 9.93. The summed E-state index contributed by atoms with van der Waals surface area (Å²) in [6, 6.07) is 6.16. The normalized spacial score (nSPS) is 10.9. The predicted molar refractivity (Wildman–Crippen MR) is 88.4 cm³/mol. The first-order valence-electron chi connectivity index (χ1n) is 8.58. The van der Waals surface area contributed by atoms with Gasteiger partial charge in [0.1, 0.15) is 5.75 Å². The fourth-order valence-corrected chi connectivity index (χ4v) is 2.65. The van der Waals surface area contributed by atoms with Crippen LogP contribution in [0.25, 0.3) is 0 Å². The summed E-state index contributed by atoms with van der Waals surface area (Å²) in [5.41, 5.74) is 2.52. The number of benzene rings is 1. The van der Waals surface area contributed by atoms with Crippen molar-refractivity contribution in [3.8, 4) is 5.75 Å². The molecule has 0 aromatic heterocycles. The van der Waals surface area contributed by atoms with Crippen molar-refractivity contribution in [2.75, 3.05) is 0 Å². The van der Waals surface area contributed by atoms with Crippen molar-refractivity contribution >= 4 is 0 Å². The predicted octanol–water partition coefficient (Wildman–Crippen LogP) is 6.03. The van der Waals surface area contributed by atoms with Gasteiger partial charge in [0.05, 0.1) is 0 Å². The molecule has 0 heterocycles. The maximum Gasteiger partial charge on any atom is 0.118 e. The minimum atomic E-state index is 0.483. The van der Waals surface area contributed by atoms with E-state index >= 15 is 0 Å². The van der Waals surface area contributed by atoms with E-state index in [0.717, 1.165) is 18.4 Å². The number of aryl methyl sites for hydroxylation is 2. The molecule has 0 radical (unpaired) electrons. The third kappa shape index (κ3) is 6.98. The summed E-state index contributed by atoms with van der Waals surface area (Å²) in [4.78, 5) is 0. The summed E-state index contributed by atoms with van der Waals surface area (Å²) >= 11 is 0. The standard InChI is InChI=1S/C19H32O/c1-3-5-7-8-9-10-11-13-18-16-17(12-6-4-2)14-15-19(18)20/h14-16,20H,3-13H2,1-2H3. The van der Waals surface area contributed by atoms with Gasteiger partial charge in [0.2, 0.25) is 0 Å². The molecule has 0 spiro atoms. The maximum absolute atomic E-state index is 9.93. The van der Waals surface area contributed by atoms with Crippen LogP contribution in [0.5, 0.6) is 5.75 Å². The van der Waals surface area contributed by atoms with Crippen molar-refractivity contribution < 1.29 is 5.11 Å². The number of aromatic hydroxyl groups is 1. The second-order valence-electron chi connectivity index (χ2n) is 5.94. The van der Waals surface area contributed by atoms with Crippen LogP contribution in [-0.4, -0.2) is 5.11 Å². The van der Waals surface area contributed by atoms with Crippen molar-refractivity contribution in [2.45, 2.75) is 84.5 Å². The average Bonchev–Trinajstić information content (AvgIpc) is 2.46. The Labute approximate surface area is 125 Å². The van der Waals surface area contributed by atoms with E-state index in [1.54, 1.807) is 0 Å². The quantitative estimate of drug-likeness (QED) is 0.489. The third-order valence-electron chi connectivity index (χ3n) is 4.01. The first-order chi connectivity index (χ1) is 9.77. The monoisotopic (exact) mass is 276 g/mol. The van der Waals surface area contributed by atoms with Gasteiger partial charge in [-0.15, -0.1) is 0 Å². The zero-order chi connectivity index (χ0) is 14.6. The molecule has 0 unspecified atom stereocenters. The van der Waals surface area contributed by atoms with E-state index in [9.17, 15) is 5.11 Å². The molecule has 1 aromatic rings. The van der Waals surface area contributed by atoms with Gasteiger partial charge in [-0.05, 0) is 42.9 Å². The summed E-state index contributed by atoms with van der Waals surface area (Å²) in [7, 11) is 0. The van der Waals surface area contributed by atoms with E-state index in [2.05, 4.69) is 26.0 Å². The lowest BCUT2D eigenvalue weighted by atomic mass is 10.00. The highest BCUT2D eigenvalue weighted by molar-refractivity contribution is 5.36. The van der Waals surface area contributed by atoms with Crippen molar-refractivity contribution in [1.29, 1.82) is 0 Å². The first kappa shape index (κ1) is 17.1. The highest BCUT2D eigenvalue weighted by Crippen LogP contribution is 2.22. The summed E-state index contributed by atoms with van der Waals surface area (Å²) in [5.74, 6) is 0.483. The second kappa shape index (κ2) is 10.8. The molecular weight excluding hydrogens is 244 g/mol. The van der Waals surface area contributed by atoms with Crippen molar-refractivity contribution in [1.82, 2.24) is 0 Å². The van der Waals surface area contributed by atoms with E-state index in [0.29, 0.717) is 5.75 Å². The molecule has 0 aliphatic carbocycles. The Morgan fingerprint density at radius 2 is 1.40 bits per heavy atom. The fourth-order valence-electron chi connectivity index (χ4n) is 2.65. The number of phenols is 1. The van der Waals surface area contributed by atoms with E-state index in [4.69, 9.17) is 0 Å². The minimum Gasteiger partial charge on any atom is -0.508 e. The van der Waals surface area contributed by atoms with Crippen LogP contribution < -0.4 is 0 Å². The Hall–Kier alpha value is -0.980. The van der Waals surface area contributed by atoms with Gasteiger partial charge in [-0.3, -0.25) is 0 Å². The van der Waals surface area contributed by atoms with Crippen molar-refractivity contribution in [2.24, 2.45) is 0 Å². The minimum absolute atomic E-state index is 0.483. The van der Waals surface area contributed by atoms with E-state index < -0.39 is 0 Å². The zero-order valence-electron chi connectivity index (χ0n) is 13.5. The zero-order valence-corrected chi connectivity index (χ0v) is 13.5. The first-order valence-corrected chi connectivity index (χ1v) is 8.58. The molecular formula is C19H32O. The fraction of sp³-hybridized carbons (Fsp3) is 0.684. The van der Waals surface area contributed by atoms with Crippen molar-refractivity contribution in [3.05, 3.63) is 29.3 Å². The molecule has 0 saturated heterocycles. The molecule has 1 rings (SSSR count). The second-order valence-corrected chi connectivity index (χ2v) is 5.94. The van der Waals surface area contributed by atoms with E-state index in [1.165, 1.54) is 63.4 Å². The van der Waals surface area contributed by atoms with Gasteiger partial charge < -0.3 is 5.11 Å². The number of hydrogen-bond acceptors (Lipinski definition) is 1. The van der Waals surface area contributed by atoms with E-state index in [-0.39, 0.29) is 0 Å². The van der Waals surface area contributed by atoms with Gasteiger partial charge in [-0.1, -0.05) is 70.9 Å². The van der Waals surface area contributed by atoms with Gasteiger partial charge >= 0.3 is 0 Å². The molecule has 1 heteroatoms. The Balaban J connectivity index is 2.27. The van der Waals surface area contributed by atoms with Gasteiger partial charge in [-0.2, -0.15) is 0 Å². The Morgan fingerprint density at radius 1 is 0.750 bits per heavy atom. The molecule has 0 saturated carbocycles. The third-order valence-corrected chi connectivity index (χ3v) is 4.01. The van der Waals surface area contributed by atoms with Crippen LogP contribution in [0.2, 0.25) is 0 Å². The van der Waals surface area contributed by atoms with Crippen LogP contribution in [0.3, 0.4) is 0 Å². The highest BCUT2D eigenvalue weighted by atomic mass is 16.3. The van der Waals surface area contributed by atoms with Gasteiger partial charge in [0.15, 0.2) is 0 Å². The van der Waals surface area contributed by atoms with Gasteiger partial charge in [-0.25, -0.2) is 0 Å². The number of hydrogen-bond donors (Lipinski definition) is 1. The molecule has 0 aliphatic rings. The molecule has 0 aliphatic heterocycles. The van der Waals surface area contributed by atoms with Crippen molar-refractivity contribution in [3.63, 3.8) is 0 Å². The summed E-state index contributed by atoms with van der Waals surface area (Å²) < 4.78 is 0. The van der Waals surface area contributed by atoms with Gasteiger partial charge in [0, 0.05) is 0 Å². The average molecular weight is 276 g/mol. The molecule has 1 aromatic carbocycles. The van der Waals surface area contributed by atoms with Crippen LogP contribution in [0, 0.1) is 0 Å². The van der Waals surface area contributed by atoms with Crippen LogP contribution in [0.4, 0.5) is 0 Å². The number of unbranched alkanes of at least 4 members (excludes halogenated alkanes) is 7. The molecule has 1 nitrogen and oxygen atoms in total. The Morgan fingerprint density at radius 3 is 2.10 bits per heavy atom. The lowest BCUT2D eigenvalue weighted by Gasteiger charge is -2.08. The Bertz CT molecular complexity index is 357. The SMILES string of the molecule is CCCCCCCCCc1cc(CCCC)ccc1O. The molecule has 0 amide bonds. The molecule has 114 valence electrons. The molecule has 0 fully saturated rings. The Kier molecular flexibility index (Phi) is 9.19. The number of rotatable bonds is 11. The maximum atomic E-state index is 9.93. The van der Waals surface area contributed by atoms with Crippen LogP contribution in [-0.2, 0) is 12.8 Å². The summed E-state index contributed by atoms with van der Waals surface area (Å²) in [6.45, 7) is 4.48. The number of phenolic OH excluding ortho intramolecular Hbond substituents is 1. The van der Waals surface area contributed by atoms with Gasteiger partial charge in [0.25, 0.3) is 0 Å². The lowest BCUT2D eigenvalue weighted by molar-refractivity contribution is 0.465. The molecule has 0 bridgehead atoms. The van der Waals surface area contributed by atoms with Crippen LogP contribution in [0.15, 0.2) is 18.2 Å². The van der Waals surface area contributed by atoms with Crippen LogP contribution >= 0.6 is 0 Å². The lowest BCUT2D eigenvalue weighted by Crippen LogP contribution is -1.91. The summed E-state index contributed by atoms with van der Waals surface area (Å²) in [6.07, 6.45) is 13.9. The smallest absolute Gasteiger partial charge is 0.118 e. The van der Waals surface area contributed by atoms with E-state index in [1.807, 2.05) is 6.07 Å². The topological polar surface area (TPSA) is 20.2 Å². The largest absolute Gasteiger partial charge is 0.508 e. The highest BCUT2D eigenvalue weighted by Gasteiger charge is 2.03.